The van der Waals surface area contributed by atoms with E-state index in [0.29, 0.717) is 11.8 Å². The Morgan fingerprint density at radius 3 is 3.17 bits per heavy atom. The third-order valence-corrected chi connectivity index (χ3v) is 5.27. The molecule has 0 aromatic heterocycles. The number of likely N-dealkylation sites (N-methyl/N-ethyl adjacent to an activating group) is 1. The molecule has 0 amide bonds. The van der Waals surface area contributed by atoms with Crippen LogP contribution in [0.5, 0.6) is 11.5 Å². The Morgan fingerprint density at radius 2 is 2.28 bits per heavy atom. The van der Waals surface area contributed by atoms with Gasteiger partial charge in [0.25, 0.3) is 0 Å². The summed E-state index contributed by atoms with van der Waals surface area (Å²) in [7, 11) is 2.20. The van der Waals surface area contributed by atoms with E-state index in [0.717, 1.165) is 18.7 Å². The van der Waals surface area contributed by atoms with E-state index < -0.39 is 0 Å². The lowest BCUT2D eigenvalue weighted by atomic mass is 9.62. The fourth-order valence-corrected chi connectivity index (χ4v) is 4.33. The quantitative estimate of drug-likeness (QED) is 0.761. The molecule has 3 heteroatoms. The molecule has 1 N–H and O–H groups in total. The standard InChI is InChI=1S/C15H19NO2/c1-16-9-8-15-7-3-5-11(16)14(15)18-13-10(15)4-2-6-12(13)17/h2,4,6,11,14,17H,3,5,7-9H2,1H3/t11?,14-,15+/m1/s1. The van der Waals surface area contributed by atoms with E-state index >= 15 is 0 Å². The number of hydrogen-bond acceptors (Lipinski definition) is 3. The Bertz CT molecular complexity index is 501. The van der Waals surface area contributed by atoms with Gasteiger partial charge in [0.05, 0.1) is 0 Å². The minimum atomic E-state index is 0.170. The first-order valence-electron chi connectivity index (χ1n) is 6.92. The smallest absolute Gasteiger partial charge is 0.165 e. The van der Waals surface area contributed by atoms with Crippen LogP contribution < -0.4 is 4.74 Å². The van der Waals surface area contributed by atoms with Crippen LogP contribution in [0.25, 0.3) is 0 Å². The van der Waals surface area contributed by atoms with Crippen LogP contribution >= 0.6 is 0 Å². The zero-order valence-corrected chi connectivity index (χ0v) is 10.7. The van der Waals surface area contributed by atoms with Gasteiger partial charge in [-0.3, -0.25) is 4.90 Å². The maximum absolute atomic E-state index is 10.0. The molecular formula is C15H19NO2. The van der Waals surface area contributed by atoms with Crippen LogP contribution in [0, 0.1) is 0 Å². The van der Waals surface area contributed by atoms with Crippen molar-refractivity contribution in [2.24, 2.45) is 0 Å². The number of ether oxygens (including phenoxy) is 1. The lowest BCUT2D eigenvalue weighted by Gasteiger charge is -2.51. The molecule has 1 saturated carbocycles. The molecule has 3 atom stereocenters. The molecule has 4 rings (SSSR count). The average Bonchev–Trinajstić information content (AvgIpc) is 2.72. The topological polar surface area (TPSA) is 32.7 Å². The van der Waals surface area contributed by atoms with E-state index in [-0.39, 0.29) is 11.5 Å². The fraction of sp³-hybridized carbons (Fsp3) is 0.600. The molecule has 0 spiro atoms. The number of phenolic OH excluding ortho intramolecular Hbond substituents is 1. The number of para-hydroxylation sites is 1. The molecule has 2 heterocycles. The monoisotopic (exact) mass is 245 g/mol. The first-order chi connectivity index (χ1) is 8.72. The summed E-state index contributed by atoms with van der Waals surface area (Å²) in [5.41, 5.74) is 1.43. The summed E-state index contributed by atoms with van der Waals surface area (Å²) in [5, 5.41) is 10.0. The minimum Gasteiger partial charge on any atom is -0.504 e. The largest absolute Gasteiger partial charge is 0.504 e. The Hall–Kier alpha value is -1.22. The molecule has 3 aliphatic rings. The van der Waals surface area contributed by atoms with Gasteiger partial charge in [0, 0.05) is 17.0 Å². The zero-order chi connectivity index (χ0) is 12.3. The van der Waals surface area contributed by atoms with Crippen molar-refractivity contribution >= 4 is 0 Å². The normalized spacial score (nSPS) is 37.8. The molecular weight excluding hydrogens is 226 g/mol. The Morgan fingerprint density at radius 1 is 1.39 bits per heavy atom. The molecule has 18 heavy (non-hydrogen) atoms. The van der Waals surface area contributed by atoms with Gasteiger partial charge in [0.2, 0.25) is 0 Å². The second kappa shape index (κ2) is 3.41. The van der Waals surface area contributed by atoms with E-state index in [1.54, 1.807) is 6.07 Å². The maximum atomic E-state index is 10.0. The zero-order valence-electron chi connectivity index (χ0n) is 10.7. The van der Waals surface area contributed by atoms with Crippen LogP contribution in [0.4, 0.5) is 0 Å². The van der Waals surface area contributed by atoms with E-state index in [4.69, 9.17) is 4.74 Å². The highest BCUT2D eigenvalue weighted by molar-refractivity contribution is 5.54. The number of rotatable bonds is 0. The molecule has 2 bridgehead atoms. The summed E-state index contributed by atoms with van der Waals surface area (Å²) in [5.74, 6) is 1.06. The van der Waals surface area contributed by atoms with Gasteiger partial charge < -0.3 is 9.84 Å². The molecule has 2 aliphatic heterocycles. The van der Waals surface area contributed by atoms with Crippen LogP contribution in [0.15, 0.2) is 18.2 Å². The number of piperidine rings is 1. The number of nitrogens with zero attached hydrogens (tertiary/aromatic N) is 1. The summed E-state index contributed by atoms with van der Waals surface area (Å²) in [6.45, 7) is 1.14. The van der Waals surface area contributed by atoms with Gasteiger partial charge in [-0.1, -0.05) is 18.6 Å². The lowest BCUT2D eigenvalue weighted by molar-refractivity contribution is -0.0308. The van der Waals surface area contributed by atoms with E-state index in [9.17, 15) is 5.11 Å². The number of hydrogen-bond donors (Lipinski definition) is 1. The third-order valence-electron chi connectivity index (χ3n) is 5.27. The second-order valence-corrected chi connectivity index (χ2v) is 6.04. The van der Waals surface area contributed by atoms with Crippen LogP contribution in [-0.4, -0.2) is 35.7 Å². The van der Waals surface area contributed by atoms with Crippen LogP contribution in [0.2, 0.25) is 0 Å². The highest BCUT2D eigenvalue weighted by Gasteiger charge is 2.57. The van der Waals surface area contributed by atoms with E-state index in [1.165, 1.54) is 24.8 Å². The van der Waals surface area contributed by atoms with Crippen molar-refractivity contribution in [3.05, 3.63) is 23.8 Å². The van der Waals surface area contributed by atoms with Gasteiger partial charge in [-0.05, 0) is 38.9 Å². The average molecular weight is 245 g/mol. The molecule has 1 aliphatic carbocycles. The summed E-state index contributed by atoms with van der Waals surface area (Å²) in [4.78, 5) is 2.44. The summed E-state index contributed by atoms with van der Waals surface area (Å²) >= 11 is 0. The lowest BCUT2D eigenvalue weighted by Crippen LogP contribution is -2.60. The summed E-state index contributed by atoms with van der Waals surface area (Å²) in [6.07, 6.45) is 5.09. The van der Waals surface area contributed by atoms with Crippen molar-refractivity contribution in [3.8, 4) is 11.5 Å². The van der Waals surface area contributed by atoms with Crippen molar-refractivity contribution in [1.29, 1.82) is 0 Å². The third kappa shape index (κ3) is 1.13. The highest BCUT2D eigenvalue weighted by Crippen LogP contribution is 2.57. The molecule has 1 aromatic carbocycles. The molecule has 1 unspecified atom stereocenters. The van der Waals surface area contributed by atoms with Gasteiger partial charge in [-0.25, -0.2) is 0 Å². The number of phenols is 1. The predicted octanol–water partition coefficient (Wildman–Crippen LogP) is 2.28. The highest BCUT2D eigenvalue weighted by atomic mass is 16.5. The van der Waals surface area contributed by atoms with Crippen molar-refractivity contribution in [3.63, 3.8) is 0 Å². The van der Waals surface area contributed by atoms with Crippen molar-refractivity contribution in [2.75, 3.05) is 13.6 Å². The van der Waals surface area contributed by atoms with Crippen molar-refractivity contribution < 1.29 is 9.84 Å². The SMILES string of the molecule is CN1CC[C@]23CCCC1[C@H]2Oc1c(O)cccc13. The van der Waals surface area contributed by atoms with Crippen molar-refractivity contribution in [2.45, 2.75) is 43.2 Å². The first kappa shape index (κ1) is 10.7. The van der Waals surface area contributed by atoms with Gasteiger partial charge >= 0.3 is 0 Å². The Labute approximate surface area is 107 Å². The minimum absolute atomic E-state index is 0.170. The second-order valence-electron chi connectivity index (χ2n) is 6.04. The fourth-order valence-electron chi connectivity index (χ4n) is 4.33. The first-order valence-corrected chi connectivity index (χ1v) is 6.92. The van der Waals surface area contributed by atoms with Gasteiger partial charge in [0.1, 0.15) is 6.10 Å². The molecule has 1 aromatic rings. The van der Waals surface area contributed by atoms with Gasteiger partial charge in [0.15, 0.2) is 11.5 Å². The van der Waals surface area contributed by atoms with E-state index in [1.807, 2.05) is 6.07 Å². The molecule has 1 saturated heterocycles. The van der Waals surface area contributed by atoms with Gasteiger partial charge in [-0.15, -0.1) is 0 Å². The summed E-state index contributed by atoms with van der Waals surface area (Å²) < 4.78 is 6.18. The Kier molecular flexibility index (Phi) is 2.03. The molecule has 0 radical (unpaired) electrons. The molecule has 96 valence electrons. The van der Waals surface area contributed by atoms with Crippen LogP contribution in [0.3, 0.4) is 0 Å². The number of likely N-dealkylation sites (tertiary alicyclic amines) is 1. The number of fused-ring (bicyclic) bond motifs is 1. The maximum Gasteiger partial charge on any atom is 0.165 e. The van der Waals surface area contributed by atoms with Crippen LogP contribution in [-0.2, 0) is 5.41 Å². The number of aromatic hydroxyl groups is 1. The van der Waals surface area contributed by atoms with E-state index in [2.05, 4.69) is 18.0 Å². The van der Waals surface area contributed by atoms with Crippen molar-refractivity contribution in [1.82, 2.24) is 4.90 Å². The molecule has 3 nitrogen and oxygen atoms in total. The molecule has 2 fully saturated rings. The predicted molar refractivity (Wildman–Crippen MR) is 69.1 cm³/mol. The number of benzene rings is 1. The Balaban J connectivity index is 1.89. The summed E-state index contributed by atoms with van der Waals surface area (Å²) in [6, 6.07) is 6.36. The van der Waals surface area contributed by atoms with Gasteiger partial charge in [-0.2, -0.15) is 0 Å². The van der Waals surface area contributed by atoms with Crippen LogP contribution in [0.1, 0.15) is 31.2 Å².